The van der Waals surface area contributed by atoms with E-state index in [1.165, 1.54) is 11.1 Å². The first-order valence-corrected chi connectivity index (χ1v) is 7.67. The molecule has 0 spiro atoms. The molecule has 1 aliphatic rings. The van der Waals surface area contributed by atoms with Crippen LogP contribution >= 0.6 is 22.6 Å². The molecule has 4 heteroatoms. The van der Waals surface area contributed by atoms with Gasteiger partial charge in [-0.25, -0.2) is 0 Å². The van der Waals surface area contributed by atoms with Crippen LogP contribution in [0, 0.1) is 3.57 Å². The lowest BCUT2D eigenvalue weighted by atomic mass is 10.1. The van der Waals surface area contributed by atoms with E-state index < -0.39 is 0 Å². The highest BCUT2D eigenvalue weighted by Gasteiger charge is 2.24. The number of carbonyl (C=O) groups is 1. The Balaban J connectivity index is 1.81. The number of aryl methyl sites for hydroxylation is 1. The van der Waals surface area contributed by atoms with Gasteiger partial charge in [0.1, 0.15) is 0 Å². The van der Waals surface area contributed by atoms with Gasteiger partial charge in [0.25, 0.3) is 5.91 Å². The van der Waals surface area contributed by atoms with Crippen molar-refractivity contribution >= 4 is 34.2 Å². The third-order valence-corrected chi connectivity index (χ3v) is 4.61. The van der Waals surface area contributed by atoms with E-state index in [1.807, 2.05) is 42.5 Å². The van der Waals surface area contributed by atoms with Crippen molar-refractivity contribution in [2.24, 2.45) is 0 Å². The summed E-state index contributed by atoms with van der Waals surface area (Å²) < 4.78 is 0.970. The summed E-state index contributed by atoms with van der Waals surface area (Å²) in [5, 5.41) is 3.13. The summed E-state index contributed by atoms with van der Waals surface area (Å²) in [6, 6.07) is 13.7. The zero-order valence-corrected chi connectivity index (χ0v) is 13.1. The molecule has 1 amide bonds. The Hall–Kier alpha value is -1.56. The van der Waals surface area contributed by atoms with E-state index in [1.54, 1.807) is 0 Å². The van der Waals surface area contributed by atoms with Crippen LogP contribution in [0.1, 0.15) is 33.9 Å². The van der Waals surface area contributed by atoms with Crippen molar-refractivity contribution in [2.45, 2.75) is 18.9 Å². The van der Waals surface area contributed by atoms with Gasteiger partial charge in [0, 0.05) is 9.26 Å². The zero-order chi connectivity index (χ0) is 14.1. The first kappa shape index (κ1) is 13.4. The summed E-state index contributed by atoms with van der Waals surface area (Å²) in [6.07, 6.45) is 1.91. The van der Waals surface area contributed by atoms with Gasteiger partial charge in [-0.15, -0.1) is 0 Å². The van der Waals surface area contributed by atoms with E-state index in [0.717, 1.165) is 27.7 Å². The maximum absolute atomic E-state index is 12.4. The van der Waals surface area contributed by atoms with Crippen LogP contribution in [0.5, 0.6) is 0 Å². The van der Waals surface area contributed by atoms with Crippen LogP contribution in [0.4, 0.5) is 5.69 Å². The number of halogens is 1. The third-order valence-electron chi connectivity index (χ3n) is 3.67. The number of nitrogens with one attached hydrogen (secondary N) is 1. The lowest BCUT2D eigenvalue weighted by Crippen LogP contribution is -2.27. The third kappa shape index (κ3) is 2.52. The number of rotatable bonds is 2. The van der Waals surface area contributed by atoms with Gasteiger partial charge in [-0.05, 0) is 70.8 Å². The average Bonchev–Trinajstić information content (AvgIpc) is 2.81. The summed E-state index contributed by atoms with van der Waals surface area (Å²) in [5.74, 6) is -0.00956. The van der Waals surface area contributed by atoms with Crippen LogP contribution in [0.2, 0.25) is 0 Å². The molecule has 0 radical (unpaired) electrons. The SMILES string of the molecule is Nc1ccc2c(c1)CCC2NC(=O)c1ccccc1I. The van der Waals surface area contributed by atoms with E-state index in [0.29, 0.717) is 0 Å². The highest BCUT2D eigenvalue weighted by Crippen LogP contribution is 2.32. The molecule has 1 atom stereocenters. The van der Waals surface area contributed by atoms with Crippen molar-refractivity contribution in [3.63, 3.8) is 0 Å². The molecule has 2 aromatic carbocycles. The van der Waals surface area contributed by atoms with Crippen molar-refractivity contribution in [3.8, 4) is 0 Å². The molecule has 0 saturated heterocycles. The highest BCUT2D eigenvalue weighted by atomic mass is 127. The van der Waals surface area contributed by atoms with Gasteiger partial charge < -0.3 is 11.1 Å². The molecule has 1 aliphatic carbocycles. The quantitative estimate of drug-likeness (QED) is 0.623. The standard InChI is InChI=1S/C16H15IN2O/c17-14-4-2-1-3-13(14)16(20)19-15-8-5-10-9-11(18)6-7-12(10)15/h1-4,6-7,9,15H,5,8,18H2,(H,19,20). The highest BCUT2D eigenvalue weighted by molar-refractivity contribution is 14.1. The van der Waals surface area contributed by atoms with Crippen LogP contribution in [0.15, 0.2) is 42.5 Å². The zero-order valence-electron chi connectivity index (χ0n) is 10.9. The average molecular weight is 378 g/mol. The van der Waals surface area contributed by atoms with Gasteiger partial charge >= 0.3 is 0 Å². The fraction of sp³-hybridized carbons (Fsp3) is 0.188. The molecule has 102 valence electrons. The Kier molecular flexibility index (Phi) is 3.65. The summed E-state index contributed by atoms with van der Waals surface area (Å²) in [4.78, 5) is 12.4. The number of carbonyl (C=O) groups excluding carboxylic acids is 1. The second-order valence-electron chi connectivity index (χ2n) is 5.00. The maximum Gasteiger partial charge on any atom is 0.252 e. The number of nitrogens with two attached hydrogens (primary N) is 1. The molecule has 20 heavy (non-hydrogen) atoms. The molecule has 0 aromatic heterocycles. The lowest BCUT2D eigenvalue weighted by molar-refractivity contribution is 0.0936. The van der Waals surface area contributed by atoms with Crippen LogP contribution in [-0.2, 0) is 6.42 Å². The number of anilines is 1. The van der Waals surface area contributed by atoms with Crippen LogP contribution in [-0.4, -0.2) is 5.91 Å². The molecule has 0 heterocycles. The number of nitrogen functional groups attached to an aromatic ring is 1. The molecule has 0 fully saturated rings. The first-order valence-electron chi connectivity index (χ1n) is 6.59. The molecule has 0 aliphatic heterocycles. The second kappa shape index (κ2) is 5.44. The monoisotopic (exact) mass is 378 g/mol. The molecule has 3 rings (SSSR count). The molecular formula is C16H15IN2O. The van der Waals surface area contributed by atoms with Crippen molar-refractivity contribution in [1.29, 1.82) is 0 Å². The Morgan fingerprint density at radius 2 is 2.05 bits per heavy atom. The molecule has 3 nitrogen and oxygen atoms in total. The van der Waals surface area contributed by atoms with Crippen LogP contribution in [0.3, 0.4) is 0 Å². The number of amides is 1. The molecule has 3 N–H and O–H groups in total. The Labute approximate surface area is 131 Å². The lowest BCUT2D eigenvalue weighted by Gasteiger charge is -2.15. The summed E-state index contributed by atoms with van der Waals surface area (Å²) in [7, 11) is 0. The van der Waals surface area contributed by atoms with E-state index in [4.69, 9.17) is 5.73 Å². The smallest absolute Gasteiger partial charge is 0.252 e. The Morgan fingerprint density at radius 3 is 2.85 bits per heavy atom. The molecular weight excluding hydrogens is 363 g/mol. The van der Waals surface area contributed by atoms with Crippen molar-refractivity contribution < 1.29 is 4.79 Å². The van der Waals surface area contributed by atoms with Crippen molar-refractivity contribution in [3.05, 3.63) is 62.7 Å². The summed E-state index contributed by atoms with van der Waals surface area (Å²) >= 11 is 2.19. The Bertz CT molecular complexity index is 669. The van der Waals surface area contributed by atoms with Gasteiger partial charge in [0.15, 0.2) is 0 Å². The van der Waals surface area contributed by atoms with Gasteiger partial charge in [0.05, 0.1) is 11.6 Å². The molecule has 0 bridgehead atoms. The normalized spacial score (nSPS) is 16.8. The maximum atomic E-state index is 12.4. The van der Waals surface area contributed by atoms with E-state index >= 15 is 0 Å². The number of benzene rings is 2. The van der Waals surface area contributed by atoms with E-state index in [-0.39, 0.29) is 11.9 Å². The Morgan fingerprint density at radius 1 is 1.25 bits per heavy atom. The minimum atomic E-state index is -0.00956. The fourth-order valence-electron chi connectivity index (χ4n) is 2.67. The van der Waals surface area contributed by atoms with E-state index in [2.05, 4.69) is 27.9 Å². The molecule has 1 unspecified atom stereocenters. The minimum Gasteiger partial charge on any atom is -0.399 e. The summed E-state index contributed by atoms with van der Waals surface area (Å²) in [5.41, 5.74) is 9.76. The molecule has 2 aromatic rings. The molecule has 0 saturated carbocycles. The predicted molar refractivity (Wildman–Crippen MR) is 88.5 cm³/mol. The van der Waals surface area contributed by atoms with Gasteiger partial charge in [-0.1, -0.05) is 18.2 Å². The second-order valence-corrected chi connectivity index (χ2v) is 6.17. The predicted octanol–water partition coefficient (Wildman–Crippen LogP) is 3.29. The number of fused-ring (bicyclic) bond motifs is 1. The largest absolute Gasteiger partial charge is 0.399 e. The van der Waals surface area contributed by atoms with Crippen molar-refractivity contribution in [1.82, 2.24) is 5.32 Å². The first-order chi connectivity index (χ1) is 9.65. The topological polar surface area (TPSA) is 55.1 Å². The number of hydrogen-bond acceptors (Lipinski definition) is 2. The van der Waals surface area contributed by atoms with Gasteiger partial charge in [-0.2, -0.15) is 0 Å². The van der Waals surface area contributed by atoms with Crippen LogP contribution < -0.4 is 11.1 Å². The van der Waals surface area contributed by atoms with E-state index in [9.17, 15) is 4.79 Å². The van der Waals surface area contributed by atoms with Gasteiger partial charge in [0.2, 0.25) is 0 Å². The fourth-order valence-corrected chi connectivity index (χ4v) is 3.30. The van der Waals surface area contributed by atoms with Crippen LogP contribution in [0.25, 0.3) is 0 Å². The van der Waals surface area contributed by atoms with Crippen molar-refractivity contribution in [2.75, 3.05) is 5.73 Å². The van der Waals surface area contributed by atoms with Gasteiger partial charge in [-0.3, -0.25) is 4.79 Å². The minimum absolute atomic E-state index is 0.00956. The number of hydrogen-bond donors (Lipinski definition) is 2. The summed E-state index contributed by atoms with van der Waals surface area (Å²) in [6.45, 7) is 0.